The first-order valence-electron chi connectivity index (χ1n) is 6.63. The van der Waals surface area contributed by atoms with E-state index in [0.717, 1.165) is 12.8 Å². The van der Waals surface area contributed by atoms with Gasteiger partial charge in [-0.1, -0.05) is 11.6 Å². The van der Waals surface area contributed by atoms with Crippen molar-refractivity contribution in [3.8, 4) is 0 Å². The SMILES string of the molecule is CC(O)C1CCN(C(=O)c2nc(NN)ccc2Cl)CC1. The van der Waals surface area contributed by atoms with Gasteiger partial charge >= 0.3 is 0 Å². The van der Waals surface area contributed by atoms with E-state index in [4.69, 9.17) is 17.4 Å². The van der Waals surface area contributed by atoms with Gasteiger partial charge in [0.25, 0.3) is 5.91 Å². The molecule has 2 rings (SSSR count). The first-order valence-corrected chi connectivity index (χ1v) is 7.01. The maximum Gasteiger partial charge on any atom is 0.274 e. The van der Waals surface area contributed by atoms with Crippen LogP contribution in [0.4, 0.5) is 5.82 Å². The van der Waals surface area contributed by atoms with Crippen molar-refractivity contribution < 1.29 is 9.90 Å². The number of carbonyl (C=O) groups is 1. The Morgan fingerprint density at radius 3 is 2.75 bits per heavy atom. The van der Waals surface area contributed by atoms with Crippen LogP contribution in [-0.4, -0.2) is 40.1 Å². The topological polar surface area (TPSA) is 91.5 Å². The number of likely N-dealkylation sites (tertiary alicyclic amines) is 1. The molecular weight excluding hydrogens is 280 g/mol. The molecule has 1 saturated heterocycles. The number of hydrogen-bond donors (Lipinski definition) is 3. The van der Waals surface area contributed by atoms with E-state index in [0.29, 0.717) is 23.9 Å². The van der Waals surface area contributed by atoms with Crippen LogP contribution in [0.2, 0.25) is 5.02 Å². The number of nitrogens with two attached hydrogens (primary N) is 1. The zero-order valence-electron chi connectivity index (χ0n) is 11.3. The summed E-state index contributed by atoms with van der Waals surface area (Å²) in [7, 11) is 0. The van der Waals surface area contributed by atoms with Gasteiger partial charge in [0.05, 0.1) is 11.1 Å². The van der Waals surface area contributed by atoms with E-state index in [-0.39, 0.29) is 23.6 Å². The number of nitrogens with one attached hydrogen (secondary N) is 1. The van der Waals surface area contributed by atoms with E-state index < -0.39 is 0 Å². The predicted molar refractivity (Wildman–Crippen MR) is 77.4 cm³/mol. The fourth-order valence-electron chi connectivity index (χ4n) is 2.41. The van der Waals surface area contributed by atoms with Gasteiger partial charge in [-0.2, -0.15) is 0 Å². The normalized spacial score (nSPS) is 17.9. The van der Waals surface area contributed by atoms with E-state index in [9.17, 15) is 9.90 Å². The maximum absolute atomic E-state index is 12.4. The van der Waals surface area contributed by atoms with Crippen molar-refractivity contribution >= 4 is 23.3 Å². The molecule has 1 aliphatic heterocycles. The molecule has 110 valence electrons. The Balaban J connectivity index is 2.09. The quantitative estimate of drug-likeness (QED) is 0.577. The van der Waals surface area contributed by atoms with Crippen LogP contribution in [0.3, 0.4) is 0 Å². The third kappa shape index (κ3) is 3.20. The third-order valence-corrected chi connectivity index (χ3v) is 4.01. The van der Waals surface area contributed by atoms with E-state index in [1.165, 1.54) is 0 Å². The highest BCUT2D eigenvalue weighted by molar-refractivity contribution is 6.33. The predicted octanol–water partition coefficient (Wildman–Crippen LogP) is 1.25. The minimum atomic E-state index is -0.335. The number of hydrogen-bond acceptors (Lipinski definition) is 5. The summed E-state index contributed by atoms with van der Waals surface area (Å²) in [6.45, 7) is 3.00. The minimum absolute atomic E-state index is 0.198. The molecule has 0 spiro atoms. The second kappa shape index (κ2) is 6.39. The number of rotatable bonds is 3. The molecule has 0 saturated carbocycles. The fourth-order valence-corrected chi connectivity index (χ4v) is 2.59. The standard InChI is InChI=1S/C13H19ClN4O2/c1-8(19)9-4-6-18(7-5-9)13(20)12-10(14)2-3-11(16-12)17-15/h2-3,8-9,19H,4-7,15H2,1H3,(H,16,17). The number of amides is 1. The molecule has 1 fully saturated rings. The molecule has 1 atom stereocenters. The lowest BCUT2D eigenvalue weighted by molar-refractivity contribution is 0.0517. The fraction of sp³-hybridized carbons (Fsp3) is 0.538. The first kappa shape index (κ1) is 15.0. The molecule has 1 aromatic heterocycles. The molecule has 1 aromatic rings. The van der Waals surface area contributed by atoms with Crippen LogP contribution in [0.5, 0.6) is 0 Å². The smallest absolute Gasteiger partial charge is 0.274 e. The average Bonchev–Trinajstić information content (AvgIpc) is 2.47. The molecule has 0 radical (unpaired) electrons. The van der Waals surface area contributed by atoms with Crippen molar-refractivity contribution in [2.75, 3.05) is 18.5 Å². The zero-order chi connectivity index (χ0) is 14.7. The zero-order valence-corrected chi connectivity index (χ0v) is 12.1. The van der Waals surface area contributed by atoms with Gasteiger partial charge in [-0.15, -0.1) is 0 Å². The monoisotopic (exact) mass is 298 g/mol. The van der Waals surface area contributed by atoms with Crippen LogP contribution >= 0.6 is 11.6 Å². The number of nitrogen functional groups attached to an aromatic ring is 1. The van der Waals surface area contributed by atoms with Gasteiger partial charge in [0.1, 0.15) is 11.5 Å². The number of aliphatic hydroxyl groups excluding tert-OH is 1. The van der Waals surface area contributed by atoms with Gasteiger partial charge in [0.2, 0.25) is 0 Å². The van der Waals surface area contributed by atoms with Crippen LogP contribution in [0.15, 0.2) is 12.1 Å². The van der Waals surface area contributed by atoms with Crippen LogP contribution in [0, 0.1) is 5.92 Å². The summed E-state index contributed by atoms with van der Waals surface area (Å²) in [5.74, 6) is 5.74. The van der Waals surface area contributed by atoms with Gasteiger partial charge in [-0.05, 0) is 37.8 Å². The first-order chi connectivity index (χ1) is 9.52. The summed E-state index contributed by atoms with van der Waals surface area (Å²) in [6, 6.07) is 3.21. The molecular formula is C13H19ClN4O2. The van der Waals surface area contributed by atoms with E-state index in [1.54, 1.807) is 24.0 Å². The molecule has 0 aromatic carbocycles. The lowest BCUT2D eigenvalue weighted by Crippen LogP contribution is -2.41. The molecule has 1 amide bonds. The third-order valence-electron chi connectivity index (χ3n) is 3.71. The van der Waals surface area contributed by atoms with Crippen LogP contribution in [-0.2, 0) is 0 Å². The summed E-state index contributed by atoms with van der Waals surface area (Å²) in [6.07, 6.45) is 1.24. The molecule has 2 heterocycles. The number of halogens is 1. The van der Waals surface area contributed by atoms with Crippen molar-refractivity contribution in [1.29, 1.82) is 0 Å². The Morgan fingerprint density at radius 2 is 2.20 bits per heavy atom. The van der Waals surface area contributed by atoms with Gasteiger partial charge in [-0.25, -0.2) is 10.8 Å². The van der Waals surface area contributed by atoms with Crippen LogP contribution < -0.4 is 11.3 Å². The highest BCUT2D eigenvalue weighted by Crippen LogP contribution is 2.24. The van der Waals surface area contributed by atoms with Crippen LogP contribution in [0.1, 0.15) is 30.3 Å². The van der Waals surface area contributed by atoms with Crippen molar-refractivity contribution in [2.45, 2.75) is 25.9 Å². The van der Waals surface area contributed by atoms with Crippen molar-refractivity contribution in [1.82, 2.24) is 9.88 Å². The second-order valence-electron chi connectivity index (χ2n) is 5.04. The Kier molecular flexibility index (Phi) is 4.80. The minimum Gasteiger partial charge on any atom is -0.393 e. The Morgan fingerprint density at radius 1 is 1.55 bits per heavy atom. The Labute approximate surface area is 122 Å². The molecule has 6 nitrogen and oxygen atoms in total. The van der Waals surface area contributed by atoms with E-state index >= 15 is 0 Å². The number of carbonyl (C=O) groups excluding carboxylic acids is 1. The maximum atomic E-state index is 12.4. The van der Waals surface area contributed by atoms with Crippen molar-refractivity contribution in [3.05, 3.63) is 22.8 Å². The summed E-state index contributed by atoms with van der Waals surface area (Å²) in [5, 5.41) is 9.88. The number of aromatic nitrogens is 1. The van der Waals surface area contributed by atoms with Gasteiger partial charge in [0, 0.05) is 13.1 Å². The molecule has 0 bridgehead atoms. The molecule has 1 unspecified atom stereocenters. The lowest BCUT2D eigenvalue weighted by atomic mass is 9.92. The summed E-state index contributed by atoms with van der Waals surface area (Å²) >= 11 is 6.03. The van der Waals surface area contributed by atoms with Gasteiger partial charge in [-0.3, -0.25) is 4.79 Å². The number of nitrogens with zero attached hydrogens (tertiary/aromatic N) is 2. The van der Waals surface area contributed by atoms with Crippen LogP contribution in [0.25, 0.3) is 0 Å². The molecule has 20 heavy (non-hydrogen) atoms. The number of hydrazine groups is 1. The largest absolute Gasteiger partial charge is 0.393 e. The van der Waals surface area contributed by atoms with Gasteiger partial charge < -0.3 is 15.4 Å². The number of pyridine rings is 1. The molecule has 0 aliphatic carbocycles. The molecule has 4 N–H and O–H groups in total. The van der Waals surface area contributed by atoms with Gasteiger partial charge in [0.15, 0.2) is 0 Å². The van der Waals surface area contributed by atoms with E-state index in [2.05, 4.69) is 10.4 Å². The van der Waals surface area contributed by atoms with Crippen molar-refractivity contribution in [3.63, 3.8) is 0 Å². The molecule has 7 heteroatoms. The summed E-state index contributed by atoms with van der Waals surface area (Å²) in [4.78, 5) is 18.2. The highest BCUT2D eigenvalue weighted by Gasteiger charge is 2.27. The number of anilines is 1. The average molecular weight is 299 g/mol. The highest BCUT2D eigenvalue weighted by atomic mass is 35.5. The summed E-state index contributed by atoms with van der Waals surface area (Å²) in [5.41, 5.74) is 2.61. The Hall–Kier alpha value is -1.37. The number of piperidine rings is 1. The number of aliphatic hydroxyl groups is 1. The summed E-state index contributed by atoms with van der Waals surface area (Å²) < 4.78 is 0. The Bertz CT molecular complexity index is 487. The molecule has 1 aliphatic rings. The lowest BCUT2D eigenvalue weighted by Gasteiger charge is -2.33. The second-order valence-corrected chi connectivity index (χ2v) is 5.45. The van der Waals surface area contributed by atoms with Crippen molar-refractivity contribution in [2.24, 2.45) is 11.8 Å². The van der Waals surface area contributed by atoms with E-state index in [1.807, 2.05) is 0 Å².